The monoisotopic (exact) mass is 578 g/mol. The van der Waals surface area contributed by atoms with E-state index < -0.39 is 46.5 Å². The van der Waals surface area contributed by atoms with Gasteiger partial charge in [-0.3, -0.25) is 14.4 Å². The van der Waals surface area contributed by atoms with Crippen LogP contribution in [0.15, 0.2) is 12.1 Å². The Morgan fingerprint density at radius 1 is 1.05 bits per heavy atom. The summed E-state index contributed by atoms with van der Waals surface area (Å²) in [6.45, 7) is 9.17. The summed E-state index contributed by atoms with van der Waals surface area (Å²) in [5.74, 6) is -2.73. The van der Waals surface area contributed by atoms with Crippen molar-refractivity contribution in [1.29, 1.82) is 0 Å². The summed E-state index contributed by atoms with van der Waals surface area (Å²) in [5, 5.41) is 3.32. The van der Waals surface area contributed by atoms with Crippen LogP contribution in [0.4, 0.5) is 8.87 Å². The molecule has 5 atom stereocenters. The quantitative estimate of drug-likeness (QED) is 0.318. The maximum Gasteiger partial charge on any atom is 0.311 e. The first-order chi connectivity index (χ1) is 19.2. The number of hydrogen-bond acceptors (Lipinski definition) is 6. The Morgan fingerprint density at radius 2 is 1.68 bits per heavy atom. The molecule has 0 radical (unpaired) electrons. The third kappa shape index (κ3) is 6.16. The maximum absolute atomic E-state index is 15.3. The van der Waals surface area contributed by atoms with Gasteiger partial charge in [0.2, 0.25) is 0 Å². The zero-order valence-corrected chi connectivity index (χ0v) is 25.2. The van der Waals surface area contributed by atoms with E-state index in [1.807, 2.05) is 27.7 Å². The molecule has 0 aliphatic heterocycles. The average molecular weight is 579 g/mol. The molecule has 2 bridgehead atoms. The minimum Gasteiger partial charge on any atom is -0.496 e. The number of halogens is 2. The molecule has 3 saturated carbocycles. The van der Waals surface area contributed by atoms with Gasteiger partial charge < -0.3 is 19.5 Å². The second-order valence-corrected chi connectivity index (χ2v) is 13.4. The molecule has 2 amide bonds. The van der Waals surface area contributed by atoms with Crippen molar-refractivity contribution in [2.75, 3.05) is 14.2 Å². The van der Waals surface area contributed by atoms with Gasteiger partial charge in [-0.1, -0.05) is 25.3 Å². The van der Waals surface area contributed by atoms with E-state index in [0.29, 0.717) is 30.8 Å². The van der Waals surface area contributed by atoms with Crippen LogP contribution in [0, 0.1) is 34.4 Å². The Labute approximate surface area is 241 Å². The normalized spacial score (nSPS) is 29.9. The van der Waals surface area contributed by atoms with Gasteiger partial charge in [0.25, 0.3) is 11.8 Å². The lowest BCUT2D eigenvalue weighted by Crippen LogP contribution is -2.52. The van der Waals surface area contributed by atoms with E-state index in [-0.39, 0.29) is 41.0 Å². The average Bonchev–Trinajstić information content (AvgIpc) is 3.55. The van der Waals surface area contributed by atoms with Crippen molar-refractivity contribution in [2.45, 2.75) is 97.8 Å². The van der Waals surface area contributed by atoms with Gasteiger partial charge >= 0.3 is 5.97 Å². The molecule has 3 fully saturated rings. The number of fused-ring (bicyclic) bond motifs is 2. The van der Waals surface area contributed by atoms with Crippen LogP contribution in [0.1, 0.15) is 89.9 Å². The summed E-state index contributed by atoms with van der Waals surface area (Å²) in [6.07, 6.45) is 4.21. The van der Waals surface area contributed by atoms with Gasteiger partial charge in [0.1, 0.15) is 5.75 Å². The lowest BCUT2D eigenvalue weighted by Gasteiger charge is -2.37. The van der Waals surface area contributed by atoms with Gasteiger partial charge in [-0.05, 0) is 82.1 Å². The van der Waals surface area contributed by atoms with Gasteiger partial charge in [-0.25, -0.2) is 4.39 Å². The van der Waals surface area contributed by atoms with Crippen LogP contribution >= 0.6 is 0 Å². The molecular formula is C31H44F2N2O6. The van der Waals surface area contributed by atoms with E-state index in [4.69, 9.17) is 14.2 Å². The number of carbonyl (C=O) groups is 3. The number of carbonyl (C=O) groups excluding carboxylic acids is 3. The van der Waals surface area contributed by atoms with Crippen molar-refractivity contribution < 1.29 is 37.5 Å². The SMILES string of the molecule is COc1cc(F)c(O[C@H]2CC[C@@](C)(C(=O)OC)CC2)cc1C(=O)N[C@@H]1[C@H]2CC[C@H](C2)[C@@H]1C(=O)N(F)[C@H](C)C(C)(C)C. The summed E-state index contributed by atoms with van der Waals surface area (Å²) < 4.78 is 46.6. The molecule has 1 aromatic rings. The topological polar surface area (TPSA) is 94.2 Å². The van der Waals surface area contributed by atoms with Gasteiger partial charge in [0.15, 0.2) is 11.6 Å². The van der Waals surface area contributed by atoms with E-state index in [0.717, 1.165) is 25.3 Å². The zero-order valence-electron chi connectivity index (χ0n) is 25.2. The molecule has 0 spiro atoms. The van der Waals surface area contributed by atoms with Crippen LogP contribution in [0.25, 0.3) is 0 Å². The standard InChI is InChI=1S/C31H44F2N2O6/c1-17(30(2,3)4)35(33)28(37)25-18-8-9-19(14-18)26(25)34-27(36)21-15-24(22(32)16-23(21)39-6)41-20-10-12-31(5,13-11-20)29(38)40-7/h15-20,25-26H,8-14H2,1-7H3,(H,34,36)/t17-,18-,19+,20-,25+,26-,31+/m1/s1. The van der Waals surface area contributed by atoms with E-state index in [9.17, 15) is 14.4 Å². The molecule has 10 heteroatoms. The van der Waals surface area contributed by atoms with Crippen LogP contribution in [-0.2, 0) is 14.3 Å². The molecule has 4 rings (SSSR count). The first-order valence-corrected chi connectivity index (χ1v) is 14.6. The second-order valence-electron chi connectivity index (χ2n) is 13.4. The summed E-state index contributed by atoms with van der Waals surface area (Å²) in [5.41, 5.74) is -0.977. The highest BCUT2D eigenvalue weighted by atomic mass is 19.2. The smallest absolute Gasteiger partial charge is 0.311 e. The number of methoxy groups -OCH3 is 2. The summed E-state index contributed by atoms with van der Waals surface area (Å²) in [6, 6.07) is 1.27. The number of benzene rings is 1. The molecule has 1 aromatic carbocycles. The molecule has 8 nitrogen and oxygen atoms in total. The maximum atomic E-state index is 15.3. The van der Waals surface area contributed by atoms with Crippen molar-refractivity contribution in [3.05, 3.63) is 23.5 Å². The van der Waals surface area contributed by atoms with Crippen molar-refractivity contribution >= 4 is 17.8 Å². The summed E-state index contributed by atoms with van der Waals surface area (Å²) >= 11 is 0. The molecule has 228 valence electrons. The molecule has 0 heterocycles. The fourth-order valence-electron chi connectivity index (χ4n) is 6.70. The fourth-order valence-corrected chi connectivity index (χ4v) is 6.70. The van der Waals surface area contributed by atoms with Gasteiger partial charge in [0, 0.05) is 12.1 Å². The van der Waals surface area contributed by atoms with Crippen LogP contribution in [0.3, 0.4) is 0 Å². The number of ether oxygens (including phenoxy) is 3. The molecule has 0 unspecified atom stereocenters. The number of amides is 2. The first-order valence-electron chi connectivity index (χ1n) is 14.6. The Hall–Kier alpha value is -2.91. The Morgan fingerprint density at radius 3 is 2.27 bits per heavy atom. The Kier molecular flexibility index (Phi) is 8.90. The Balaban J connectivity index is 1.51. The van der Waals surface area contributed by atoms with E-state index >= 15 is 8.87 Å². The molecule has 0 aromatic heterocycles. The molecule has 41 heavy (non-hydrogen) atoms. The highest BCUT2D eigenvalue weighted by molar-refractivity contribution is 5.98. The second kappa shape index (κ2) is 11.8. The van der Waals surface area contributed by atoms with E-state index in [1.165, 1.54) is 20.3 Å². The highest BCUT2D eigenvalue weighted by Crippen LogP contribution is 2.50. The highest BCUT2D eigenvalue weighted by Gasteiger charge is 2.53. The molecule has 0 saturated heterocycles. The third-order valence-electron chi connectivity index (χ3n) is 9.81. The molecule has 3 aliphatic carbocycles. The lowest BCUT2D eigenvalue weighted by atomic mass is 9.75. The van der Waals surface area contributed by atoms with Crippen LogP contribution in [0.5, 0.6) is 11.5 Å². The molecule has 3 aliphatic rings. The van der Waals surface area contributed by atoms with Gasteiger partial charge in [-0.15, -0.1) is 0 Å². The van der Waals surface area contributed by atoms with Crippen LogP contribution < -0.4 is 14.8 Å². The fraction of sp³-hybridized carbons (Fsp3) is 0.710. The first kappa shape index (κ1) is 31.0. The largest absolute Gasteiger partial charge is 0.496 e. The lowest BCUT2D eigenvalue weighted by molar-refractivity contribution is -0.164. The van der Waals surface area contributed by atoms with Gasteiger partial charge in [0.05, 0.1) is 43.3 Å². The predicted octanol–water partition coefficient (Wildman–Crippen LogP) is 5.63. The van der Waals surface area contributed by atoms with Crippen molar-refractivity contribution in [3.8, 4) is 11.5 Å². The van der Waals surface area contributed by atoms with Gasteiger partial charge in [-0.2, -0.15) is 5.12 Å². The minimum atomic E-state index is -0.670. The minimum absolute atomic E-state index is 0.000738. The van der Waals surface area contributed by atoms with Crippen molar-refractivity contribution in [1.82, 2.24) is 10.4 Å². The van der Waals surface area contributed by atoms with Crippen molar-refractivity contribution in [3.63, 3.8) is 0 Å². The summed E-state index contributed by atoms with van der Waals surface area (Å²) in [7, 11) is 2.71. The number of nitrogens with zero attached hydrogens (tertiary/aromatic N) is 1. The van der Waals surface area contributed by atoms with Crippen LogP contribution in [0.2, 0.25) is 0 Å². The van der Waals surface area contributed by atoms with E-state index in [1.54, 1.807) is 6.92 Å². The molecule has 1 N–H and O–H groups in total. The summed E-state index contributed by atoms with van der Waals surface area (Å²) in [4.78, 5) is 39.1. The van der Waals surface area contributed by atoms with Crippen LogP contribution in [-0.4, -0.2) is 55.3 Å². The number of hydrogen-bond donors (Lipinski definition) is 1. The molecular weight excluding hydrogens is 534 g/mol. The number of nitrogens with one attached hydrogen (secondary N) is 1. The number of esters is 1. The van der Waals surface area contributed by atoms with Crippen molar-refractivity contribution in [2.24, 2.45) is 28.6 Å². The number of rotatable bonds is 8. The van der Waals surface area contributed by atoms with E-state index in [2.05, 4.69) is 5.32 Å². The Bertz CT molecular complexity index is 1160. The third-order valence-corrected chi connectivity index (χ3v) is 9.81. The zero-order chi connectivity index (χ0) is 30.3. The predicted molar refractivity (Wildman–Crippen MR) is 148 cm³/mol.